The predicted octanol–water partition coefficient (Wildman–Crippen LogP) is 3.68. The maximum atomic E-state index is 5.67. The van der Waals surface area contributed by atoms with Crippen molar-refractivity contribution in [2.24, 2.45) is 4.99 Å². The largest absolute Gasteiger partial charge is 0.381 e. The van der Waals surface area contributed by atoms with E-state index in [1.807, 2.05) is 6.07 Å². The molecule has 4 nitrogen and oxygen atoms in total. The van der Waals surface area contributed by atoms with Crippen LogP contribution in [0.3, 0.4) is 0 Å². The molecule has 2 aromatic rings. The standard InChI is InChI=1S/C18H25N3OS.HI/c1-19-18(21-15-17-9-5-14-23-17)20-11-6-12-22-13-10-16-7-3-2-4-8-16;/h2-5,7-9,14H,6,10-13,15H2,1H3,(H2,19,20,21);1H. The van der Waals surface area contributed by atoms with Crippen molar-refractivity contribution in [2.45, 2.75) is 19.4 Å². The smallest absolute Gasteiger partial charge is 0.191 e. The summed E-state index contributed by atoms with van der Waals surface area (Å²) in [7, 11) is 1.79. The van der Waals surface area contributed by atoms with E-state index in [0.29, 0.717) is 0 Å². The number of aliphatic imine (C=N–C) groups is 1. The number of hydrogen-bond donors (Lipinski definition) is 2. The van der Waals surface area contributed by atoms with Gasteiger partial charge in [0.15, 0.2) is 5.96 Å². The fourth-order valence-electron chi connectivity index (χ4n) is 2.12. The van der Waals surface area contributed by atoms with E-state index in [1.165, 1.54) is 10.4 Å². The molecular weight excluding hydrogens is 433 g/mol. The summed E-state index contributed by atoms with van der Waals surface area (Å²) in [6, 6.07) is 14.6. The number of benzene rings is 1. The molecule has 0 aliphatic heterocycles. The summed E-state index contributed by atoms with van der Waals surface area (Å²) in [5, 5.41) is 8.69. The van der Waals surface area contributed by atoms with Crippen molar-refractivity contribution in [1.82, 2.24) is 10.6 Å². The van der Waals surface area contributed by atoms with Crippen LogP contribution in [0.15, 0.2) is 52.8 Å². The van der Waals surface area contributed by atoms with Gasteiger partial charge in [-0.05, 0) is 29.9 Å². The minimum Gasteiger partial charge on any atom is -0.381 e. The van der Waals surface area contributed by atoms with Crippen LogP contribution in [0.2, 0.25) is 0 Å². The summed E-state index contributed by atoms with van der Waals surface area (Å²) < 4.78 is 5.67. The Labute approximate surface area is 165 Å². The van der Waals surface area contributed by atoms with E-state index in [0.717, 1.165) is 45.1 Å². The van der Waals surface area contributed by atoms with Gasteiger partial charge < -0.3 is 15.4 Å². The number of halogens is 1. The van der Waals surface area contributed by atoms with Crippen molar-refractivity contribution in [1.29, 1.82) is 0 Å². The van der Waals surface area contributed by atoms with E-state index in [9.17, 15) is 0 Å². The van der Waals surface area contributed by atoms with E-state index >= 15 is 0 Å². The molecule has 0 aliphatic rings. The third kappa shape index (κ3) is 8.65. The van der Waals surface area contributed by atoms with Gasteiger partial charge in [0.05, 0.1) is 13.2 Å². The van der Waals surface area contributed by atoms with Crippen molar-refractivity contribution in [3.05, 3.63) is 58.3 Å². The monoisotopic (exact) mass is 459 g/mol. The van der Waals surface area contributed by atoms with Crippen molar-refractivity contribution in [3.63, 3.8) is 0 Å². The molecular formula is C18H26IN3OS. The fourth-order valence-corrected chi connectivity index (χ4v) is 2.77. The third-order valence-electron chi connectivity index (χ3n) is 3.37. The number of nitrogens with zero attached hydrogens (tertiary/aromatic N) is 1. The second-order valence-corrected chi connectivity index (χ2v) is 6.17. The van der Waals surface area contributed by atoms with E-state index in [-0.39, 0.29) is 24.0 Å². The van der Waals surface area contributed by atoms with Crippen LogP contribution in [-0.2, 0) is 17.7 Å². The van der Waals surface area contributed by atoms with Crippen molar-refractivity contribution in [2.75, 3.05) is 26.8 Å². The first-order valence-electron chi connectivity index (χ1n) is 7.97. The number of rotatable bonds is 9. The predicted molar refractivity (Wildman–Crippen MR) is 114 cm³/mol. The molecule has 1 aromatic heterocycles. The summed E-state index contributed by atoms with van der Waals surface area (Å²) in [5.74, 6) is 0.836. The molecule has 132 valence electrons. The lowest BCUT2D eigenvalue weighted by Crippen LogP contribution is -2.37. The molecule has 2 N–H and O–H groups in total. The van der Waals surface area contributed by atoms with Gasteiger partial charge in [0.25, 0.3) is 0 Å². The highest BCUT2D eigenvalue weighted by Gasteiger charge is 1.98. The minimum absolute atomic E-state index is 0. The van der Waals surface area contributed by atoms with Crippen molar-refractivity contribution >= 4 is 41.3 Å². The van der Waals surface area contributed by atoms with Gasteiger partial charge in [-0.15, -0.1) is 35.3 Å². The average Bonchev–Trinajstić information content (AvgIpc) is 3.11. The molecule has 0 atom stereocenters. The van der Waals surface area contributed by atoms with Gasteiger partial charge >= 0.3 is 0 Å². The normalized spacial score (nSPS) is 11.0. The van der Waals surface area contributed by atoms with E-state index < -0.39 is 0 Å². The van der Waals surface area contributed by atoms with Crippen LogP contribution < -0.4 is 10.6 Å². The second kappa shape index (κ2) is 13.2. The minimum atomic E-state index is 0. The van der Waals surface area contributed by atoms with Crippen LogP contribution in [0.1, 0.15) is 16.9 Å². The first kappa shape index (κ1) is 20.9. The van der Waals surface area contributed by atoms with Crippen LogP contribution in [0.5, 0.6) is 0 Å². The van der Waals surface area contributed by atoms with Crippen LogP contribution in [-0.4, -0.2) is 32.8 Å². The Hall–Kier alpha value is -1.12. The third-order valence-corrected chi connectivity index (χ3v) is 4.25. The van der Waals surface area contributed by atoms with Crippen LogP contribution in [0.25, 0.3) is 0 Å². The second-order valence-electron chi connectivity index (χ2n) is 5.13. The molecule has 0 unspecified atom stereocenters. The van der Waals surface area contributed by atoms with Gasteiger partial charge in [0.1, 0.15) is 0 Å². The zero-order valence-electron chi connectivity index (χ0n) is 14.0. The zero-order chi connectivity index (χ0) is 16.2. The quantitative estimate of drug-likeness (QED) is 0.260. The molecule has 0 fully saturated rings. The summed E-state index contributed by atoms with van der Waals surface area (Å²) in [5.41, 5.74) is 1.32. The molecule has 0 amide bonds. The number of ether oxygens (including phenoxy) is 1. The van der Waals surface area contributed by atoms with E-state index in [4.69, 9.17) is 4.74 Å². The van der Waals surface area contributed by atoms with Gasteiger partial charge in [0, 0.05) is 25.1 Å². The first-order chi connectivity index (χ1) is 11.4. The van der Waals surface area contributed by atoms with Gasteiger partial charge in [-0.25, -0.2) is 0 Å². The molecule has 0 saturated carbocycles. The Morgan fingerprint density at radius 2 is 1.92 bits per heavy atom. The highest BCUT2D eigenvalue weighted by atomic mass is 127. The maximum absolute atomic E-state index is 5.67. The molecule has 0 spiro atoms. The molecule has 0 radical (unpaired) electrons. The summed E-state index contributed by atoms with van der Waals surface area (Å²) in [4.78, 5) is 5.52. The number of thiophene rings is 1. The Kier molecular flexibility index (Phi) is 11.5. The topological polar surface area (TPSA) is 45.7 Å². The zero-order valence-corrected chi connectivity index (χ0v) is 17.2. The summed E-state index contributed by atoms with van der Waals surface area (Å²) >= 11 is 1.75. The highest BCUT2D eigenvalue weighted by molar-refractivity contribution is 14.0. The maximum Gasteiger partial charge on any atom is 0.191 e. The summed E-state index contributed by atoms with van der Waals surface area (Å²) in [6.45, 7) is 3.21. The molecule has 0 saturated heterocycles. The number of hydrogen-bond acceptors (Lipinski definition) is 3. The van der Waals surface area contributed by atoms with Crippen LogP contribution in [0.4, 0.5) is 0 Å². The molecule has 0 bridgehead atoms. The van der Waals surface area contributed by atoms with E-state index in [1.54, 1.807) is 18.4 Å². The van der Waals surface area contributed by atoms with Crippen LogP contribution >= 0.6 is 35.3 Å². The van der Waals surface area contributed by atoms with Crippen LogP contribution in [0, 0.1) is 0 Å². The molecule has 1 aromatic carbocycles. The van der Waals surface area contributed by atoms with Gasteiger partial charge in [-0.2, -0.15) is 0 Å². The number of guanidine groups is 1. The molecule has 24 heavy (non-hydrogen) atoms. The lowest BCUT2D eigenvalue weighted by molar-refractivity contribution is 0.135. The fraction of sp³-hybridized carbons (Fsp3) is 0.389. The van der Waals surface area contributed by atoms with E-state index in [2.05, 4.69) is 57.4 Å². The van der Waals surface area contributed by atoms with Gasteiger partial charge in [-0.1, -0.05) is 36.4 Å². The van der Waals surface area contributed by atoms with Crippen molar-refractivity contribution < 1.29 is 4.74 Å². The molecule has 1 heterocycles. The molecule has 0 aliphatic carbocycles. The Morgan fingerprint density at radius 3 is 2.62 bits per heavy atom. The Morgan fingerprint density at radius 1 is 1.08 bits per heavy atom. The Bertz CT molecular complexity index is 561. The average molecular weight is 459 g/mol. The lowest BCUT2D eigenvalue weighted by atomic mass is 10.2. The highest BCUT2D eigenvalue weighted by Crippen LogP contribution is 2.07. The summed E-state index contributed by atoms with van der Waals surface area (Å²) in [6.07, 6.45) is 1.94. The van der Waals surface area contributed by atoms with Gasteiger partial charge in [0.2, 0.25) is 0 Å². The molecule has 6 heteroatoms. The van der Waals surface area contributed by atoms with Gasteiger partial charge in [-0.3, -0.25) is 4.99 Å². The SMILES string of the molecule is CN=C(NCCCOCCc1ccccc1)NCc1cccs1.I. The first-order valence-corrected chi connectivity index (χ1v) is 8.85. The molecule has 2 rings (SSSR count). The number of nitrogens with one attached hydrogen (secondary N) is 2. The van der Waals surface area contributed by atoms with Crippen molar-refractivity contribution in [3.8, 4) is 0 Å². The Balaban J connectivity index is 0.00000288. The lowest BCUT2D eigenvalue weighted by Gasteiger charge is -2.11.